The number of carbonyl (C=O) groups is 1. The Morgan fingerprint density at radius 1 is 1.29 bits per heavy atom. The number of sulfonamides is 1. The van der Waals surface area contributed by atoms with E-state index in [1.807, 2.05) is 0 Å². The molecule has 0 unspecified atom stereocenters. The summed E-state index contributed by atoms with van der Waals surface area (Å²) in [5, 5.41) is 9.02. The van der Waals surface area contributed by atoms with Gasteiger partial charge < -0.3 is 5.11 Å². The summed E-state index contributed by atoms with van der Waals surface area (Å²) in [7, 11) is -3.87. The molecule has 0 aliphatic rings. The Labute approximate surface area is 135 Å². The van der Waals surface area contributed by atoms with Crippen LogP contribution in [0.25, 0.3) is 0 Å². The van der Waals surface area contributed by atoms with Crippen molar-refractivity contribution < 1.29 is 18.3 Å². The van der Waals surface area contributed by atoms with Crippen molar-refractivity contribution in [2.45, 2.75) is 11.1 Å². The lowest BCUT2D eigenvalue weighted by atomic mass is 10.2. The predicted molar refractivity (Wildman–Crippen MR) is 83.3 cm³/mol. The van der Waals surface area contributed by atoms with Gasteiger partial charge in [0.05, 0.1) is 20.6 Å². The first-order valence-corrected chi connectivity index (χ1v) is 8.58. The van der Waals surface area contributed by atoms with Crippen LogP contribution in [-0.4, -0.2) is 19.5 Å². The number of hydrogen-bond donors (Lipinski definition) is 2. The molecule has 5 nitrogen and oxygen atoms in total. The normalized spacial score (nSPS) is 11.4. The maximum Gasteiger partial charge on any atom is 0.335 e. The largest absolute Gasteiger partial charge is 0.478 e. The summed E-state index contributed by atoms with van der Waals surface area (Å²) in [5.74, 6) is -1.18. The molecule has 0 radical (unpaired) electrons. The summed E-state index contributed by atoms with van der Waals surface area (Å²) in [6.07, 6.45) is 0. The van der Waals surface area contributed by atoms with Crippen molar-refractivity contribution in [3.8, 4) is 0 Å². The number of aryl methyl sites for hydroxylation is 1. The molecule has 2 N–H and O–H groups in total. The van der Waals surface area contributed by atoms with E-state index in [9.17, 15) is 13.2 Å². The van der Waals surface area contributed by atoms with Gasteiger partial charge in [-0.25, -0.2) is 13.2 Å². The van der Waals surface area contributed by atoms with Crippen LogP contribution in [0.1, 0.15) is 15.9 Å². The highest BCUT2D eigenvalue weighted by Crippen LogP contribution is 2.32. The Balaban J connectivity index is 2.41. The number of rotatable bonds is 4. The van der Waals surface area contributed by atoms with E-state index >= 15 is 0 Å². The zero-order chi connectivity index (χ0) is 15.8. The Kier molecular flexibility index (Phi) is 4.48. The van der Waals surface area contributed by atoms with Crippen molar-refractivity contribution in [1.29, 1.82) is 0 Å². The molecule has 0 fully saturated rings. The molecule has 1 heterocycles. The van der Waals surface area contributed by atoms with Gasteiger partial charge in [-0.05, 0) is 36.8 Å². The summed E-state index contributed by atoms with van der Waals surface area (Å²) in [6, 6.07) is 5.19. The lowest BCUT2D eigenvalue weighted by Gasteiger charge is -2.08. The van der Waals surface area contributed by atoms with E-state index in [4.69, 9.17) is 28.3 Å². The average Bonchev–Trinajstić information content (AvgIpc) is 2.73. The molecule has 0 saturated heterocycles. The molecule has 1 aromatic carbocycles. The average molecular weight is 366 g/mol. The highest BCUT2D eigenvalue weighted by Gasteiger charge is 2.20. The minimum Gasteiger partial charge on any atom is -0.478 e. The Morgan fingerprint density at radius 2 is 1.95 bits per heavy atom. The third-order valence-electron chi connectivity index (χ3n) is 2.56. The SMILES string of the molecule is Cc1cc(S(=O)(=O)Nc2cc(C(=O)O)ccc2Cl)sc1Cl. The summed E-state index contributed by atoms with van der Waals surface area (Å²) in [6.45, 7) is 1.69. The highest BCUT2D eigenvalue weighted by molar-refractivity contribution is 7.94. The van der Waals surface area contributed by atoms with Gasteiger partial charge in [-0.1, -0.05) is 23.2 Å². The van der Waals surface area contributed by atoms with Gasteiger partial charge >= 0.3 is 5.97 Å². The van der Waals surface area contributed by atoms with E-state index in [-0.39, 0.29) is 20.5 Å². The van der Waals surface area contributed by atoms with Crippen LogP contribution in [0.15, 0.2) is 28.5 Å². The van der Waals surface area contributed by atoms with Crippen molar-refractivity contribution in [2.75, 3.05) is 4.72 Å². The van der Waals surface area contributed by atoms with Crippen molar-refractivity contribution >= 4 is 56.2 Å². The summed E-state index contributed by atoms with van der Waals surface area (Å²) >= 11 is 12.7. The van der Waals surface area contributed by atoms with Gasteiger partial charge in [-0.3, -0.25) is 4.72 Å². The Bertz CT molecular complexity index is 795. The number of benzene rings is 1. The summed E-state index contributed by atoms with van der Waals surface area (Å²) in [4.78, 5) is 10.9. The molecule has 1 aromatic heterocycles. The maximum atomic E-state index is 12.2. The van der Waals surface area contributed by atoms with Gasteiger partial charge in [0.25, 0.3) is 10.0 Å². The number of aromatic carboxylic acids is 1. The molecule has 0 amide bonds. The molecule has 0 spiro atoms. The molecule has 9 heteroatoms. The number of thiophene rings is 1. The molecule has 2 rings (SSSR count). The van der Waals surface area contributed by atoms with E-state index in [0.717, 1.165) is 17.4 Å². The van der Waals surface area contributed by atoms with Gasteiger partial charge in [-0.2, -0.15) is 0 Å². The van der Waals surface area contributed by atoms with Crippen molar-refractivity contribution in [2.24, 2.45) is 0 Å². The zero-order valence-electron chi connectivity index (χ0n) is 10.6. The molecular formula is C12H9Cl2NO4S2. The van der Waals surface area contributed by atoms with Gasteiger partial charge in [0.15, 0.2) is 0 Å². The minimum atomic E-state index is -3.87. The van der Waals surface area contributed by atoms with Crippen LogP contribution in [0.2, 0.25) is 9.36 Å². The topological polar surface area (TPSA) is 83.5 Å². The second-order valence-corrected chi connectivity index (χ2v) is 8.10. The summed E-state index contributed by atoms with van der Waals surface area (Å²) < 4.78 is 27.1. The first kappa shape index (κ1) is 16.1. The van der Waals surface area contributed by atoms with Crippen LogP contribution >= 0.6 is 34.5 Å². The van der Waals surface area contributed by atoms with Gasteiger partial charge in [0, 0.05) is 0 Å². The van der Waals surface area contributed by atoms with Crippen LogP contribution in [-0.2, 0) is 10.0 Å². The highest BCUT2D eigenvalue weighted by atomic mass is 35.5. The van der Waals surface area contributed by atoms with Gasteiger partial charge in [-0.15, -0.1) is 11.3 Å². The number of halogens is 2. The molecule has 0 aliphatic heterocycles. The van der Waals surface area contributed by atoms with E-state index in [1.165, 1.54) is 18.2 Å². The van der Waals surface area contributed by atoms with Gasteiger partial charge in [0.1, 0.15) is 4.21 Å². The van der Waals surface area contributed by atoms with Gasteiger partial charge in [0.2, 0.25) is 0 Å². The first-order chi connectivity index (χ1) is 9.70. The lowest BCUT2D eigenvalue weighted by Crippen LogP contribution is -2.12. The second kappa shape index (κ2) is 5.84. The van der Waals surface area contributed by atoms with Crippen LogP contribution in [0.5, 0.6) is 0 Å². The number of nitrogens with one attached hydrogen (secondary N) is 1. The molecule has 0 atom stereocenters. The molecule has 0 aliphatic carbocycles. The fourth-order valence-electron chi connectivity index (χ4n) is 1.50. The van der Waals surface area contributed by atoms with Crippen molar-refractivity contribution in [3.05, 3.63) is 44.8 Å². The Hall–Kier alpha value is -1.28. The van der Waals surface area contributed by atoms with E-state index in [2.05, 4.69) is 4.72 Å². The Morgan fingerprint density at radius 3 is 2.48 bits per heavy atom. The van der Waals surface area contributed by atoms with Crippen LogP contribution < -0.4 is 4.72 Å². The van der Waals surface area contributed by atoms with E-state index in [1.54, 1.807) is 6.92 Å². The quantitative estimate of drug-likeness (QED) is 0.861. The van der Waals surface area contributed by atoms with Crippen molar-refractivity contribution in [1.82, 2.24) is 0 Å². The third-order valence-corrected chi connectivity index (χ3v) is 6.28. The first-order valence-electron chi connectivity index (χ1n) is 5.52. The van der Waals surface area contributed by atoms with Crippen LogP contribution in [0.4, 0.5) is 5.69 Å². The van der Waals surface area contributed by atoms with Crippen LogP contribution in [0.3, 0.4) is 0 Å². The lowest BCUT2D eigenvalue weighted by molar-refractivity contribution is 0.0697. The fraction of sp³-hybridized carbons (Fsp3) is 0.0833. The van der Waals surface area contributed by atoms with Crippen LogP contribution in [0, 0.1) is 6.92 Å². The fourth-order valence-corrected chi connectivity index (χ4v) is 4.49. The summed E-state index contributed by atoms with van der Waals surface area (Å²) in [5.41, 5.74) is 0.573. The zero-order valence-corrected chi connectivity index (χ0v) is 13.7. The minimum absolute atomic E-state index is 0.00116. The number of carboxylic acid groups (broad SMARTS) is 1. The standard InChI is InChI=1S/C12H9Cl2NO4S2/c1-6-4-10(20-11(6)14)21(18,19)15-9-5-7(12(16)17)2-3-8(9)13/h2-5,15H,1H3,(H,16,17). The monoisotopic (exact) mass is 365 g/mol. The van der Waals surface area contributed by atoms with Crippen molar-refractivity contribution in [3.63, 3.8) is 0 Å². The molecule has 2 aromatic rings. The molecule has 112 valence electrons. The molecule has 0 bridgehead atoms. The predicted octanol–water partition coefficient (Wildman–Crippen LogP) is 3.86. The van der Waals surface area contributed by atoms with E-state index < -0.39 is 16.0 Å². The maximum absolute atomic E-state index is 12.2. The third kappa shape index (κ3) is 3.49. The number of carboxylic acids is 1. The molecule has 21 heavy (non-hydrogen) atoms. The molecular weight excluding hydrogens is 357 g/mol. The van der Waals surface area contributed by atoms with E-state index in [0.29, 0.717) is 9.90 Å². The number of hydrogen-bond acceptors (Lipinski definition) is 4. The molecule has 0 saturated carbocycles. The smallest absolute Gasteiger partial charge is 0.335 e. The second-order valence-electron chi connectivity index (χ2n) is 4.13. The number of anilines is 1.